The molecular weight excluding hydrogens is 124 g/mol. The zero-order valence-corrected chi connectivity index (χ0v) is 5.61. The summed E-state index contributed by atoms with van der Waals surface area (Å²) in [6.45, 7) is 5.25. The Kier molecular flexibility index (Phi) is 12.8. The van der Waals surface area contributed by atoms with Crippen molar-refractivity contribution in [3.05, 3.63) is 4.91 Å². The van der Waals surface area contributed by atoms with Crippen LogP contribution in [0.25, 0.3) is 0 Å². The fraction of sp³-hybridized carbons (Fsp3) is 1.00. The van der Waals surface area contributed by atoms with Gasteiger partial charge in [0.25, 0.3) is 0 Å². The second kappa shape index (κ2) is 10.3. The molecule has 0 aromatic carbocycles. The predicted octanol–water partition coefficient (Wildman–Crippen LogP) is 0.859. The van der Waals surface area contributed by atoms with Crippen LogP contribution in [0.2, 0.25) is 0 Å². The topological polar surface area (TPSA) is 73.1 Å². The molecule has 0 aliphatic carbocycles. The minimum absolute atomic E-state index is 0.719. The number of hydroxylamine groups is 2. The lowest BCUT2D eigenvalue weighted by Crippen LogP contribution is -2.16. The van der Waals surface area contributed by atoms with Crippen LogP contribution in [0.5, 0.6) is 0 Å². The van der Waals surface area contributed by atoms with Crippen molar-refractivity contribution in [2.24, 2.45) is 5.34 Å². The Labute approximate surface area is 53.8 Å². The van der Waals surface area contributed by atoms with Crippen molar-refractivity contribution in [3.63, 3.8) is 0 Å². The summed E-state index contributed by atoms with van der Waals surface area (Å²) in [5.41, 5.74) is 0. The zero-order chi connectivity index (χ0) is 7.70. The monoisotopic (exact) mass is 136 g/mol. The third kappa shape index (κ3) is 18.8. The van der Waals surface area contributed by atoms with Crippen LogP contribution in [-0.4, -0.2) is 28.6 Å². The molecule has 0 unspecified atom stereocenters. The summed E-state index contributed by atoms with van der Waals surface area (Å²) in [5.74, 6) is 0. The first-order valence-electron chi connectivity index (χ1n) is 2.63. The van der Waals surface area contributed by atoms with Crippen LogP contribution in [0.1, 0.15) is 13.8 Å². The van der Waals surface area contributed by atoms with E-state index in [0.717, 1.165) is 13.1 Å². The molecule has 0 aromatic rings. The number of hydrogen-bond acceptors (Lipinski definition) is 4. The summed E-state index contributed by atoms with van der Waals surface area (Å²) < 4.78 is 0. The van der Waals surface area contributed by atoms with E-state index >= 15 is 0 Å². The second-order valence-corrected chi connectivity index (χ2v) is 1.22. The molecule has 0 saturated carbocycles. The van der Waals surface area contributed by atoms with Crippen LogP contribution in [0, 0.1) is 4.91 Å². The molecule has 0 radical (unpaired) electrons. The van der Waals surface area contributed by atoms with Crippen LogP contribution in [0.15, 0.2) is 5.34 Å². The standard InChI is InChI=1S/C4H11NO.HNO2/c1-3-5(6)4-2;2-1-3/h6H,3-4H2,1-2H3;(H,2,3). The fourth-order valence-electron chi connectivity index (χ4n) is 0.224. The Balaban J connectivity index is 0. The molecule has 0 heterocycles. The van der Waals surface area contributed by atoms with Gasteiger partial charge in [0, 0.05) is 13.1 Å². The average molecular weight is 136 g/mol. The van der Waals surface area contributed by atoms with Gasteiger partial charge in [0.1, 0.15) is 0 Å². The molecule has 56 valence electrons. The van der Waals surface area contributed by atoms with Crippen molar-refractivity contribution in [2.45, 2.75) is 13.8 Å². The van der Waals surface area contributed by atoms with Gasteiger partial charge in [0.05, 0.1) is 0 Å². The van der Waals surface area contributed by atoms with E-state index in [4.69, 9.17) is 15.3 Å². The number of nitrogens with zero attached hydrogens (tertiary/aromatic N) is 2. The maximum Gasteiger partial charge on any atom is 0.152 e. The summed E-state index contributed by atoms with van der Waals surface area (Å²) in [7, 11) is 0. The highest BCUT2D eigenvalue weighted by molar-refractivity contribution is 4.26. The SMILES string of the molecule is CCN(O)CC.O=NO. The van der Waals surface area contributed by atoms with E-state index in [2.05, 4.69) is 0 Å². The Morgan fingerprint density at radius 2 is 1.67 bits per heavy atom. The van der Waals surface area contributed by atoms with Gasteiger partial charge >= 0.3 is 0 Å². The molecule has 0 aliphatic heterocycles. The van der Waals surface area contributed by atoms with E-state index in [1.165, 1.54) is 10.4 Å². The third-order valence-electron chi connectivity index (χ3n) is 0.730. The Hall–Kier alpha value is -0.680. The first-order valence-corrected chi connectivity index (χ1v) is 2.63. The molecule has 0 saturated heterocycles. The molecule has 0 fully saturated rings. The van der Waals surface area contributed by atoms with Gasteiger partial charge in [0.2, 0.25) is 0 Å². The highest BCUT2D eigenvalue weighted by Gasteiger charge is 1.84. The minimum atomic E-state index is 0.719. The summed E-state index contributed by atoms with van der Waals surface area (Å²) in [6.07, 6.45) is 0. The maximum atomic E-state index is 8.50. The molecule has 0 aromatic heterocycles. The fourth-order valence-corrected chi connectivity index (χ4v) is 0.224. The molecule has 0 bridgehead atoms. The van der Waals surface area contributed by atoms with Crippen molar-refractivity contribution >= 4 is 0 Å². The highest BCUT2D eigenvalue weighted by atomic mass is 16.6. The van der Waals surface area contributed by atoms with Crippen LogP contribution < -0.4 is 0 Å². The third-order valence-corrected chi connectivity index (χ3v) is 0.730. The summed E-state index contributed by atoms with van der Waals surface area (Å²) in [6, 6.07) is 0. The van der Waals surface area contributed by atoms with Crippen LogP contribution in [-0.2, 0) is 0 Å². The van der Waals surface area contributed by atoms with E-state index in [9.17, 15) is 0 Å². The Morgan fingerprint density at radius 1 is 1.44 bits per heavy atom. The van der Waals surface area contributed by atoms with E-state index in [1.54, 1.807) is 0 Å². The van der Waals surface area contributed by atoms with Crippen LogP contribution in [0.4, 0.5) is 0 Å². The van der Waals surface area contributed by atoms with Crippen molar-refractivity contribution < 1.29 is 10.4 Å². The minimum Gasteiger partial charge on any atom is -0.379 e. The van der Waals surface area contributed by atoms with Crippen LogP contribution in [0.3, 0.4) is 0 Å². The normalized spacial score (nSPS) is 8.00. The summed E-state index contributed by atoms with van der Waals surface area (Å²) in [5, 5.41) is 17.6. The maximum absolute atomic E-state index is 8.50. The van der Waals surface area contributed by atoms with E-state index in [1.807, 2.05) is 13.8 Å². The average Bonchev–Trinajstić information content (AvgIpc) is 1.88. The predicted molar refractivity (Wildman–Crippen MR) is 32.3 cm³/mol. The molecule has 0 atom stereocenters. The first kappa shape index (κ1) is 11.2. The Bertz CT molecular complexity index is 55.8. The molecule has 0 aliphatic rings. The van der Waals surface area contributed by atoms with Crippen molar-refractivity contribution in [2.75, 3.05) is 13.1 Å². The molecule has 9 heavy (non-hydrogen) atoms. The zero-order valence-electron chi connectivity index (χ0n) is 5.61. The van der Waals surface area contributed by atoms with Gasteiger partial charge in [-0.2, -0.15) is 5.06 Å². The largest absolute Gasteiger partial charge is 0.379 e. The number of hydrogen-bond donors (Lipinski definition) is 2. The lowest BCUT2D eigenvalue weighted by molar-refractivity contribution is -0.0813. The molecule has 2 N–H and O–H groups in total. The van der Waals surface area contributed by atoms with Crippen molar-refractivity contribution in [1.29, 1.82) is 0 Å². The summed E-state index contributed by atoms with van der Waals surface area (Å²) in [4.78, 5) is 8.11. The second-order valence-electron chi connectivity index (χ2n) is 1.22. The molecule has 0 spiro atoms. The Morgan fingerprint density at radius 3 is 1.67 bits per heavy atom. The van der Waals surface area contributed by atoms with Gasteiger partial charge < -0.3 is 10.4 Å². The van der Waals surface area contributed by atoms with E-state index < -0.39 is 0 Å². The lowest BCUT2D eigenvalue weighted by Gasteiger charge is -2.05. The first-order chi connectivity index (χ1) is 4.22. The van der Waals surface area contributed by atoms with Gasteiger partial charge in [-0.3, -0.25) is 0 Å². The van der Waals surface area contributed by atoms with Gasteiger partial charge in [-0.05, 0) is 0 Å². The van der Waals surface area contributed by atoms with E-state index in [-0.39, 0.29) is 0 Å². The highest BCUT2D eigenvalue weighted by Crippen LogP contribution is 1.73. The van der Waals surface area contributed by atoms with Gasteiger partial charge in [-0.1, -0.05) is 13.8 Å². The quantitative estimate of drug-likeness (QED) is 0.436. The molecular formula is C4H12N2O3. The smallest absolute Gasteiger partial charge is 0.152 e. The molecule has 5 nitrogen and oxygen atoms in total. The van der Waals surface area contributed by atoms with Gasteiger partial charge in [0.15, 0.2) is 5.34 Å². The molecule has 0 rings (SSSR count). The van der Waals surface area contributed by atoms with E-state index in [0.29, 0.717) is 0 Å². The number of rotatable bonds is 2. The van der Waals surface area contributed by atoms with Crippen LogP contribution >= 0.6 is 0 Å². The van der Waals surface area contributed by atoms with Crippen molar-refractivity contribution in [3.8, 4) is 0 Å². The molecule has 0 amide bonds. The lowest BCUT2D eigenvalue weighted by atomic mass is 10.6. The van der Waals surface area contributed by atoms with Gasteiger partial charge in [-0.15, -0.1) is 4.91 Å². The molecule has 5 heteroatoms. The van der Waals surface area contributed by atoms with Crippen molar-refractivity contribution in [1.82, 2.24) is 5.06 Å². The summed E-state index contributed by atoms with van der Waals surface area (Å²) >= 11 is 0. The van der Waals surface area contributed by atoms with Gasteiger partial charge in [-0.25, -0.2) is 0 Å².